The van der Waals surface area contributed by atoms with Crippen LogP contribution in [-0.2, 0) is 14.3 Å². The molecule has 20 heavy (non-hydrogen) atoms. The summed E-state index contributed by atoms with van der Waals surface area (Å²) in [5.74, 6) is -0.0536. The Labute approximate surface area is 118 Å². The van der Waals surface area contributed by atoms with E-state index in [-0.39, 0.29) is 24.0 Å². The van der Waals surface area contributed by atoms with E-state index in [0.29, 0.717) is 5.92 Å². The predicted molar refractivity (Wildman–Crippen MR) is 70.8 cm³/mol. The zero-order chi connectivity index (χ0) is 14.1. The molecule has 3 aliphatic rings. The summed E-state index contributed by atoms with van der Waals surface area (Å²) >= 11 is 0. The summed E-state index contributed by atoms with van der Waals surface area (Å²) in [4.78, 5) is 23.2. The van der Waals surface area contributed by atoms with Crippen molar-refractivity contribution in [2.24, 2.45) is 11.8 Å². The lowest BCUT2D eigenvalue weighted by molar-refractivity contribution is -0.172. The largest absolute Gasteiger partial charge is 0.378 e. The molecule has 3 amide bonds. The van der Waals surface area contributed by atoms with Crippen molar-refractivity contribution in [1.82, 2.24) is 10.6 Å². The number of ether oxygens (including phenoxy) is 2. The first-order valence-electron chi connectivity index (χ1n) is 7.55. The predicted octanol–water partition coefficient (Wildman–Crippen LogP) is 1.15. The molecule has 1 aliphatic carbocycles. The number of amides is 3. The first-order valence-corrected chi connectivity index (χ1v) is 7.55. The van der Waals surface area contributed by atoms with Crippen molar-refractivity contribution in [3.8, 4) is 0 Å². The van der Waals surface area contributed by atoms with Crippen molar-refractivity contribution in [3.63, 3.8) is 0 Å². The lowest BCUT2D eigenvalue weighted by Crippen LogP contribution is -2.63. The average Bonchev–Trinajstić information content (AvgIpc) is 2.43. The number of carbonyl (C=O) groups excluding carboxylic acids is 2. The molecule has 112 valence electrons. The Morgan fingerprint density at radius 3 is 2.95 bits per heavy atom. The number of urea groups is 1. The van der Waals surface area contributed by atoms with E-state index in [4.69, 9.17) is 9.47 Å². The van der Waals surface area contributed by atoms with E-state index in [9.17, 15) is 9.59 Å². The Balaban J connectivity index is 1.62. The number of nitrogens with one attached hydrogen (secondary N) is 2. The summed E-state index contributed by atoms with van der Waals surface area (Å²) in [7, 11) is 0. The highest BCUT2D eigenvalue weighted by molar-refractivity contribution is 5.98. The molecular weight excluding hydrogens is 260 g/mol. The maximum atomic E-state index is 11.8. The molecule has 5 atom stereocenters. The van der Waals surface area contributed by atoms with Crippen LogP contribution < -0.4 is 10.6 Å². The van der Waals surface area contributed by atoms with Crippen LogP contribution in [0.5, 0.6) is 0 Å². The number of carbonyl (C=O) groups is 2. The molecule has 3 fully saturated rings. The Bertz CT molecular complexity index is 401. The highest BCUT2D eigenvalue weighted by Crippen LogP contribution is 2.39. The fourth-order valence-corrected chi connectivity index (χ4v) is 3.51. The van der Waals surface area contributed by atoms with Gasteiger partial charge in [0.25, 0.3) is 0 Å². The molecule has 0 aromatic heterocycles. The second-order valence-electron chi connectivity index (χ2n) is 5.97. The van der Waals surface area contributed by atoms with Crippen molar-refractivity contribution in [2.75, 3.05) is 6.61 Å². The number of hydrogen-bond acceptors (Lipinski definition) is 4. The Morgan fingerprint density at radius 1 is 1.30 bits per heavy atom. The minimum atomic E-state index is -0.470. The first-order chi connectivity index (χ1) is 9.67. The fraction of sp³-hybridized carbons (Fsp3) is 0.857. The Hall–Kier alpha value is -1.14. The van der Waals surface area contributed by atoms with Gasteiger partial charge in [-0.05, 0) is 31.6 Å². The highest BCUT2D eigenvalue weighted by atomic mass is 16.5. The first kappa shape index (κ1) is 13.8. The maximum Gasteiger partial charge on any atom is 0.323 e. The zero-order valence-corrected chi connectivity index (χ0v) is 11.8. The monoisotopic (exact) mass is 282 g/mol. The molecule has 6 nitrogen and oxygen atoms in total. The Morgan fingerprint density at radius 2 is 2.15 bits per heavy atom. The third-order valence-corrected chi connectivity index (χ3v) is 4.53. The van der Waals surface area contributed by atoms with Gasteiger partial charge >= 0.3 is 6.03 Å². The zero-order valence-electron chi connectivity index (χ0n) is 11.8. The second kappa shape index (κ2) is 5.69. The van der Waals surface area contributed by atoms with Gasteiger partial charge in [-0.3, -0.25) is 10.1 Å². The minimum Gasteiger partial charge on any atom is -0.378 e. The van der Waals surface area contributed by atoms with Crippen LogP contribution in [0.3, 0.4) is 0 Å². The van der Waals surface area contributed by atoms with Crippen LogP contribution >= 0.6 is 0 Å². The number of imide groups is 1. The van der Waals surface area contributed by atoms with E-state index >= 15 is 0 Å². The maximum absolute atomic E-state index is 11.8. The topological polar surface area (TPSA) is 76.7 Å². The number of hydrogen-bond donors (Lipinski definition) is 2. The molecule has 2 saturated heterocycles. The van der Waals surface area contributed by atoms with Gasteiger partial charge in [0, 0.05) is 13.0 Å². The quantitative estimate of drug-likeness (QED) is 0.814. The van der Waals surface area contributed by atoms with Crippen LogP contribution in [0.25, 0.3) is 0 Å². The number of rotatable bonds is 3. The summed E-state index contributed by atoms with van der Waals surface area (Å²) in [6.07, 6.45) is 4.63. The molecule has 6 heteroatoms. The molecule has 5 unspecified atom stereocenters. The van der Waals surface area contributed by atoms with Crippen LogP contribution in [-0.4, -0.2) is 37.0 Å². The van der Waals surface area contributed by atoms with E-state index in [1.165, 1.54) is 0 Å². The van der Waals surface area contributed by atoms with Crippen LogP contribution in [0.2, 0.25) is 0 Å². The summed E-state index contributed by atoms with van der Waals surface area (Å²) in [5.41, 5.74) is 0. The van der Waals surface area contributed by atoms with Crippen LogP contribution in [0.4, 0.5) is 4.79 Å². The standard InChI is InChI=1S/C14H22N2O4/c1-2-5-19-9-4-3-8-6-10-12(17)15-14(18)16-13(10)20-11(8)7-9/h8-11,13H,2-7H2,1H3,(H2,15,16,17,18). The lowest BCUT2D eigenvalue weighted by Gasteiger charge is -2.46. The SMILES string of the molecule is CCCOC1CCC2CC3C(=O)NC(=O)NC3OC2C1. The summed E-state index contributed by atoms with van der Waals surface area (Å²) in [6, 6.07) is -0.454. The van der Waals surface area contributed by atoms with Crippen LogP contribution in [0.15, 0.2) is 0 Å². The van der Waals surface area contributed by atoms with Crippen molar-refractivity contribution in [1.29, 1.82) is 0 Å². The van der Waals surface area contributed by atoms with Gasteiger partial charge in [-0.1, -0.05) is 6.92 Å². The van der Waals surface area contributed by atoms with Gasteiger partial charge in [-0.2, -0.15) is 0 Å². The second-order valence-corrected chi connectivity index (χ2v) is 5.97. The van der Waals surface area contributed by atoms with E-state index in [1.54, 1.807) is 0 Å². The van der Waals surface area contributed by atoms with Crippen LogP contribution in [0, 0.1) is 11.8 Å². The number of fused-ring (bicyclic) bond motifs is 2. The Kier molecular flexibility index (Phi) is 3.94. The summed E-state index contributed by atoms with van der Waals surface area (Å²) in [5, 5.41) is 5.02. The highest BCUT2D eigenvalue weighted by Gasteiger charge is 2.46. The smallest absolute Gasteiger partial charge is 0.323 e. The molecule has 0 aromatic rings. The summed E-state index contributed by atoms with van der Waals surface area (Å²) < 4.78 is 11.8. The van der Waals surface area contributed by atoms with Gasteiger partial charge < -0.3 is 14.8 Å². The van der Waals surface area contributed by atoms with Gasteiger partial charge in [-0.15, -0.1) is 0 Å². The van der Waals surface area contributed by atoms with E-state index < -0.39 is 12.3 Å². The molecule has 0 radical (unpaired) electrons. The molecule has 2 aliphatic heterocycles. The molecule has 0 bridgehead atoms. The van der Waals surface area contributed by atoms with Gasteiger partial charge in [0.05, 0.1) is 18.1 Å². The molecule has 2 N–H and O–H groups in total. The van der Waals surface area contributed by atoms with E-state index in [1.807, 2.05) is 0 Å². The third-order valence-electron chi connectivity index (χ3n) is 4.53. The minimum absolute atomic E-state index is 0.0954. The molecule has 0 aromatic carbocycles. The van der Waals surface area contributed by atoms with Crippen molar-refractivity contribution < 1.29 is 19.1 Å². The summed E-state index contributed by atoms with van der Waals surface area (Å²) in [6.45, 7) is 2.89. The molecule has 2 heterocycles. The molecule has 0 spiro atoms. The van der Waals surface area contributed by atoms with Crippen molar-refractivity contribution in [2.45, 2.75) is 57.5 Å². The van der Waals surface area contributed by atoms with E-state index in [0.717, 1.165) is 38.7 Å². The normalized spacial score (nSPS) is 40.4. The van der Waals surface area contributed by atoms with Gasteiger partial charge in [0.1, 0.15) is 6.23 Å². The van der Waals surface area contributed by atoms with E-state index in [2.05, 4.69) is 17.6 Å². The lowest BCUT2D eigenvalue weighted by atomic mass is 9.76. The van der Waals surface area contributed by atoms with Crippen molar-refractivity contribution in [3.05, 3.63) is 0 Å². The molecular formula is C14H22N2O4. The third kappa shape index (κ3) is 2.67. The van der Waals surface area contributed by atoms with Crippen molar-refractivity contribution >= 4 is 11.9 Å². The van der Waals surface area contributed by atoms with Gasteiger partial charge in [0.2, 0.25) is 5.91 Å². The fourth-order valence-electron chi connectivity index (χ4n) is 3.51. The van der Waals surface area contributed by atoms with Crippen LogP contribution in [0.1, 0.15) is 39.0 Å². The van der Waals surface area contributed by atoms with Gasteiger partial charge in [0.15, 0.2) is 0 Å². The molecule has 3 rings (SSSR count). The molecule has 1 saturated carbocycles. The van der Waals surface area contributed by atoms with Gasteiger partial charge in [-0.25, -0.2) is 4.79 Å². The average molecular weight is 282 g/mol.